The van der Waals surface area contributed by atoms with Crippen molar-refractivity contribution in [3.63, 3.8) is 0 Å². The summed E-state index contributed by atoms with van der Waals surface area (Å²) in [6, 6.07) is 48.8. The molecule has 0 atom stereocenters. The maximum absolute atomic E-state index is 6.75. The zero-order chi connectivity index (χ0) is 29.9. The molecule has 11 rings (SSSR count). The molecule has 0 aliphatic carbocycles. The first kappa shape index (κ1) is 24.1. The minimum Gasteiger partial charge on any atom is -0.456 e. The summed E-state index contributed by atoms with van der Waals surface area (Å²) in [5, 5.41) is 8.92. The highest BCUT2D eigenvalue weighted by Gasteiger charge is 2.19. The number of rotatable bonds is 2. The third-order valence-electron chi connectivity index (χ3n) is 9.60. The third kappa shape index (κ3) is 3.17. The van der Waals surface area contributed by atoms with E-state index in [1.54, 1.807) is 0 Å². The molecule has 0 bridgehead atoms. The van der Waals surface area contributed by atoms with Crippen molar-refractivity contribution >= 4 is 87.6 Å². The molecule has 4 aromatic heterocycles. The molecule has 0 fully saturated rings. The summed E-state index contributed by atoms with van der Waals surface area (Å²) in [4.78, 5) is 0. The summed E-state index contributed by atoms with van der Waals surface area (Å²) in [7, 11) is 0. The van der Waals surface area contributed by atoms with E-state index in [0.717, 1.165) is 93.7 Å². The molecule has 0 aliphatic rings. The van der Waals surface area contributed by atoms with Gasteiger partial charge in [0.1, 0.15) is 27.9 Å². The number of para-hydroxylation sites is 4. The molecule has 0 saturated carbocycles. The van der Waals surface area contributed by atoms with Crippen LogP contribution in [0.1, 0.15) is 0 Å². The van der Waals surface area contributed by atoms with Crippen LogP contribution < -0.4 is 0 Å². The summed E-state index contributed by atoms with van der Waals surface area (Å²) in [6.45, 7) is 0. The van der Waals surface area contributed by atoms with Crippen LogP contribution in [-0.4, -0.2) is 4.57 Å². The Hall–Kier alpha value is -6.26. The topological polar surface area (TPSA) is 44.4 Å². The number of benzene rings is 7. The first-order valence-corrected chi connectivity index (χ1v) is 15.5. The van der Waals surface area contributed by atoms with Crippen LogP contribution in [0.3, 0.4) is 0 Å². The number of hydrogen-bond donors (Lipinski definition) is 0. The molecule has 214 valence electrons. The summed E-state index contributed by atoms with van der Waals surface area (Å²) in [5.41, 5.74) is 10.7. The second-order valence-corrected chi connectivity index (χ2v) is 12.1. The van der Waals surface area contributed by atoms with Gasteiger partial charge >= 0.3 is 0 Å². The minimum absolute atomic E-state index is 0.840. The Labute approximate surface area is 261 Å². The van der Waals surface area contributed by atoms with Gasteiger partial charge in [-0.3, -0.25) is 0 Å². The number of furan rings is 3. The van der Waals surface area contributed by atoms with Crippen LogP contribution in [-0.2, 0) is 0 Å². The highest BCUT2D eigenvalue weighted by Crippen LogP contribution is 2.41. The lowest BCUT2D eigenvalue weighted by Gasteiger charge is -2.08. The Morgan fingerprint density at radius 3 is 1.67 bits per heavy atom. The van der Waals surface area contributed by atoms with Crippen molar-refractivity contribution in [2.75, 3.05) is 0 Å². The zero-order valence-electron chi connectivity index (χ0n) is 24.5. The van der Waals surface area contributed by atoms with E-state index in [1.165, 1.54) is 10.8 Å². The second-order valence-electron chi connectivity index (χ2n) is 12.1. The molecule has 46 heavy (non-hydrogen) atoms. The van der Waals surface area contributed by atoms with Gasteiger partial charge in [-0.2, -0.15) is 0 Å². The summed E-state index contributed by atoms with van der Waals surface area (Å²) in [6.07, 6.45) is 0. The molecule has 4 heterocycles. The van der Waals surface area contributed by atoms with Crippen LogP contribution in [0, 0.1) is 0 Å². The number of fused-ring (bicyclic) bond motifs is 12. The number of nitrogens with zero attached hydrogens (tertiary/aromatic N) is 1. The maximum Gasteiger partial charge on any atom is 0.159 e. The molecule has 4 heteroatoms. The Balaban J connectivity index is 1.11. The van der Waals surface area contributed by atoms with Gasteiger partial charge in [0.2, 0.25) is 0 Å². The molecule has 0 radical (unpaired) electrons. The molecule has 0 N–H and O–H groups in total. The predicted molar refractivity (Wildman–Crippen MR) is 188 cm³/mol. The molecule has 0 amide bonds. The maximum atomic E-state index is 6.75. The van der Waals surface area contributed by atoms with Gasteiger partial charge in [-0.05, 0) is 71.8 Å². The zero-order valence-corrected chi connectivity index (χ0v) is 24.5. The lowest BCUT2D eigenvalue weighted by Crippen LogP contribution is -1.93. The average molecular weight is 590 g/mol. The monoisotopic (exact) mass is 589 g/mol. The highest BCUT2D eigenvalue weighted by atomic mass is 16.3. The normalized spacial score (nSPS) is 12.3. The van der Waals surface area contributed by atoms with Crippen LogP contribution in [0.25, 0.3) is 104 Å². The van der Waals surface area contributed by atoms with Gasteiger partial charge in [0.15, 0.2) is 5.58 Å². The number of aromatic nitrogens is 1. The van der Waals surface area contributed by atoms with Crippen molar-refractivity contribution in [3.8, 4) is 16.8 Å². The predicted octanol–water partition coefficient (Wildman–Crippen LogP) is 12.1. The van der Waals surface area contributed by atoms with Crippen molar-refractivity contribution in [2.45, 2.75) is 0 Å². The smallest absolute Gasteiger partial charge is 0.159 e. The standard InChI is InChI=1S/C42H23NO3/c1-4-12-34-26(8-1)27-9-2-5-13-35(27)43(34)36-14-7-11-30-32-22-40-33(23-41(32)46-42(30)36)31-20-24(17-19-38(31)45-40)25-16-18-29-28-10-3-6-15-37(28)44-39(29)21-25/h1-23H. The lowest BCUT2D eigenvalue weighted by atomic mass is 10.0. The van der Waals surface area contributed by atoms with E-state index in [4.69, 9.17) is 13.3 Å². The molecule has 11 aromatic rings. The first-order chi connectivity index (χ1) is 22.8. The Morgan fingerprint density at radius 2 is 0.870 bits per heavy atom. The molecule has 7 aromatic carbocycles. The molecule has 0 saturated heterocycles. The van der Waals surface area contributed by atoms with Gasteiger partial charge in [0, 0.05) is 43.1 Å². The quantitative estimate of drug-likeness (QED) is 0.201. The second kappa shape index (κ2) is 8.68. The molecule has 0 spiro atoms. The van der Waals surface area contributed by atoms with E-state index < -0.39 is 0 Å². The SMILES string of the molecule is c1ccc2c(c1)oc1cc(-c3ccc4oc5cc6c(cc5c4c3)oc3c(-n4c5ccccc5c5ccccc54)cccc36)ccc12. The average Bonchev–Trinajstić information content (AvgIpc) is 3.85. The highest BCUT2D eigenvalue weighted by molar-refractivity contribution is 6.17. The van der Waals surface area contributed by atoms with Crippen LogP contribution in [0.5, 0.6) is 0 Å². The lowest BCUT2D eigenvalue weighted by molar-refractivity contribution is 0.662. The molecule has 0 unspecified atom stereocenters. The van der Waals surface area contributed by atoms with Gasteiger partial charge < -0.3 is 17.8 Å². The van der Waals surface area contributed by atoms with Crippen molar-refractivity contribution in [1.29, 1.82) is 0 Å². The Morgan fingerprint density at radius 1 is 0.326 bits per heavy atom. The third-order valence-corrected chi connectivity index (χ3v) is 9.60. The van der Waals surface area contributed by atoms with Crippen molar-refractivity contribution in [2.24, 2.45) is 0 Å². The van der Waals surface area contributed by atoms with Gasteiger partial charge in [-0.1, -0.05) is 78.9 Å². The van der Waals surface area contributed by atoms with E-state index in [0.29, 0.717) is 0 Å². The summed E-state index contributed by atoms with van der Waals surface area (Å²) >= 11 is 0. The van der Waals surface area contributed by atoms with Crippen molar-refractivity contribution in [1.82, 2.24) is 4.57 Å². The molecule has 4 nitrogen and oxygen atoms in total. The van der Waals surface area contributed by atoms with Crippen LogP contribution >= 0.6 is 0 Å². The number of hydrogen-bond acceptors (Lipinski definition) is 3. The minimum atomic E-state index is 0.840. The summed E-state index contributed by atoms with van der Waals surface area (Å²) in [5.74, 6) is 0. The molecular formula is C42H23NO3. The summed E-state index contributed by atoms with van der Waals surface area (Å²) < 4.78 is 21.7. The van der Waals surface area contributed by atoms with E-state index in [9.17, 15) is 0 Å². The van der Waals surface area contributed by atoms with Gasteiger partial charge in [0.05, 0.1) is 16.7 Å². The van der Waals surface area contributed by atoms with Gasteiger partial charge in [0.25, 0.3) is 0 Å². The molecular weight excluding hydrogens is 566 g/mol. The van der Waals surface area contributed by atoms with Crippen LogP contribution in [0.2, 0.25) is 0 Å². The fourth-order valence-corrected chi connectivity index (χ4v) is 7.50. The molecule has 0 aliphatic heterocycles. The van der Waals surface area contributed by atoms with Gasteiger partial charge in [-0.25, -0.2) is 0 Å². The van der Waals surface area contributed by atoms with E-state index >= 15 is 0 Å². The van der Waals surface area contributed by atoms with Crippen LogP contribution in [0.15, 0.2) is 153 Å². The fraction of sp³-hybridized carbons (Fsp3) is 0. The van der Waals surface area contributed by atoms with E-state index in [2.05, 4.69) is 126 Å². The first-order valence-electron chi connectivity index (χ1n) is 15.5. The Kier molecular flexibility index (Phi) is 4.55. The fourth-order valence-electron chi connectivity index (χ4n) is 7.50. The van der Waals surface area contributed by atoms with E-state index in [1.807, 2.05) is 18.2 Å². The van der Waals surface area contributed by atoms with Crippen molar-refractivity contribution < 1.29 is 13.3 Å². The van der Waals surface area contributed by atoms with Crippen LogP contribution in [0.4, 0.5) is 0 Å². The Bertz CT molecular complexity index is 2980. The largest absolute Gasteiger partial charge is 0.456 e. The van der Waals surface area contributed by atoms with Crippen molar-refractivity contribution in [3.05, 3.63) is 140 Å². The van der Waals surface area contributed by atoms with E-state index in [-0.39, 0.29) is 0 Å². The van der Waals surface area contributed by atoms with Gasteiger partial charge in [-0.15, -0.1) is 0 Å².